The van der Waals surface area contributed by atoms with Crippen LogP contribution < -0.4 is 11.3 Å². The van der Waals surface area contributed by atoms with Gasteiger partial charge < -0.3 is 0 Å². The van der Waals surface area contributed by atoms with E-state index in [0.717, 1.165) is 30.7 Å². The van der Waals surface area contributed by atoms with E-state index in [0.29, 0.717) is 0 Å². The summed E-state index contributed by atoms with van der Waals surface area (Å²) in [7, 11) is 1.95. The summed E-state index contributed by atoms with van der Waals surface area (Å²) in [6, 6.07) is 0.141. The highest BCUT2D eigenvalue weighted by atomic mass is 15.3. The van der Waals surface area contributed by atoms with Crippen molar-refractivity contribution in [3.05, 3.63) is 17.0 Å². The van der Waals surface area contributed by atoms with Crippen molar-refractivity contribution in [2.24, 2.45) is 12.9 Å². The molecule has 88 valence electrons. The van der Waals surface area contributed by atoms with Gasteiger partial charge in [-0.15, -0.1) is 12.3 Å². The van der Waals surface area contributed by atoms with Gasteiger partial charge in [0.15, 0.2) is 0 Å². The maximum absolute atomic E-state index is 5.60. The molecular formula is C12H20N4. The number of terminal acetylenes is 1. The van der Waals surface area contributed by atoms with Gasteiger partial charge in [-0.05, 0) is 26.7 Å². The first-order valence-electron chi connectivity index (χ1n) is 5.51. The molecule has 4 heteroatoms. The van der Waals surface area contributed by atoms with E-state index in [4.69, 9.17) is 12.3 Å². The Balaban J connectivity index is 2.83. The molecule has 0 aliphatic carbocycles. The Morgan fingerprint density at radius 2 is 2.25 bits per heavy atom. The van der Waals surface area contributed by atoms with Crippen LogP contribution in [-0.4, -0.2) is 9.78 Å². The Labute approximate surface area is 97.2 Å². The fourth-order valence-corrected chi connectivity index (χ4v) is 2.01. The van der Waals surface area contributed by atoms with E-state index in [1.165, 1.54) is 5.56 Å². The predicted molar refractivity (Wildman–Crippen MR) is 65.4 cm³/mol. The first-order chi connectivity index (χ1) is 7.61. The zero-order valence-corrected chi connectivity index (χ0v) is 10.2. The fraction of sp³-hybridized carbons (Fsp3) is 0.583. The molecule has 3 N–H and O–H groups in total. The summed E-state index contributed by atoms with van der Waals surface area (Å²) < 4.78 is 1.89. The number of aromatic nitrogens is 2. The highest BCUT2D eigenvalue weighted by molar-refractivity contribution is 5.28. The lowest BCUT2D eigenvalue weighted by Crippen LogP contribution is -2.28. The van der Waals surface area contributed by atoms with E-state index in [1.54, 1.807) is 0 Å². The molecule has 1 unspecified atom stereocenters. The van der Waals surface area contributed by atoms with Crippen LogP contribution in [0.25, 0.3) is 0 Å². The van der Waals surface area contributed by atoms with Gasteiger partial charge in [0.25, 0.3) is 0 Å². The van der Waals surface area contributed by atoms with Crippen molar-refractivity contribution in [2.45, 2.75) is 39.2 Å². The van der Waals surface area contributed by atoms with Crippen molar-refractivity contribution in [3.63, 3.8) is 0 Å². The highest BCUT2D eigenvalue weighted by Gasteiger charge is 2.18. The highest BCUT2D eigenvalue weighted by Crippen LogP contribution is 2.24. The smallest absolute Gasteiger partial charge is 0.0644 e. The van der Waals surface area contributed by atoms with Gasteiger partial charge in [0.05, 0.1) is 5.69 Å². The molecule has 0 aliphatic heterocycles. The van der Waals surface area contributed by atoms with Gasteiger partial charge in [0.1, 0.15) is 0 Å². The standard InChI is InChI=1S/C12H20N4/c1-5-6-7-8-11(14-13)12-9(2)15-16(4)10(12)3/h1,11,14H,6-8,13H2,2-4H3. The van der Waals surface area contributed by atoms with E-state index in [2.05, 4.69) is 23.4 Å². The number of hydrogen-bond donors (Lipinski definition) is 2. The Hall–Kier alpha value is -1.31. The summed E-state index contributed by atoms with van der Waals surface area (Å²) in [6.07, 6.45) is 7.94. The molecular weight excluding hydrogens is 200 g/mol. The second-order valence-corrected chi connectivity index (χ2v) is 4.02. The lowest BCUT2D eigenvalue weighted by molar-refractivity contribution is 0.498. The molecule has 0 radical (unpaired) electrons. The van der Waals surface area contributed by atoms with Gasteiger partial charge in [-0.2, -0.15) is 5.10 Å². The van der Waals surface area contributed by atoms with Crippen molar-refractivity contribution < 1.29 is 0 Å². The Morgan fingerprint density at radius 1 is 1.56 bits per heavy atom. The van der Waals surface area contributed by atoms with E-state index in [1.807, 2.05) is 18.7 Å². The number of aryl methyl sites for hydroxylation is 2. The second-order valence-electron chi connectivity index (χ2n) is 4.02. The minimum atomic E-state index is 0.141. The number of hydrogen-bond acceptors (Lipinski definition) is 3. The van der Waals surface area contributed by atoms with Gasteiger partial charge >= 0.3 is 0 Å². The zero-order chi connectivity index (χ0) is 12.1. The molecule has 1 aromatic rings. The molecule has 0 saturated heterocycles. The molecule has 0 fully saturated rings. The molecule has 1 aromatic heterocycles. The molecule has 1 atom stereocenters. The van der Waals surface area contributed by atoms with E-state index in [9.17, 15) is 0 Å². The van der Waals surface area contributed by atoms with Crippen LogP contribution in [0.1, 0.15) is 42.3 Å². The minimum absolute atomic E-state index is 0.141. The molecule has 0 bridgehead atoms. The van der Waals surface area contributed by atoms with Crippen LogP contribution in [0.3, 0.4) is 0 Å². The van der Waals surface area contributed by atoms with Crippen molar-refractivity contribution in [1.29, 1.82) is 0 Å². The largest absolute Gasteiger partial charge is 0.272 e. The summed E-state index contributed by atoms with van der Waals surface area (Å²) in [5.74, 6) is 8.24. The van der Waals surface area contributed by atoms with Gasteiger partial charge in [-0.25, -0.2) is 0 Å². The van der Waals surface area contributed by atoms with Crippen LogP contribution in [0.15, 0.2) is 0 Å². The monoisotopic (exact) mass is 220 g/mol. The van der Waals surface area contributed by atoms with Crippen LogP contribution >= 0.6 is 0 Å². The van der Waals surface area contributed by atoms with Crippen LogP contribution in [-0.2, 0) is 7.05 Å². The number of rotatable bonds is 5. The van der Waals surface area contributed by atoms with E-state index < -0.39 is 0 Å². The maximum Gasteiger partial charge on any atom is 0.0644 e. The number of nitrogens with two attached hydrogens (primary N) is 1. The molecule has 0 saturated carbocycles. The lowest BCUT2D eigenvalue weighted by Gasteiger charge is -2.16. The summed E-state index contributed by atoms with van der Waals surface area (Å²) in [5, 5.41) is 4.39. The first kappa shape index (κ1) is 12.8. The zero-order valence-electron chi connectivity index (χ0n) is 10.2. The van der Waals surface area contributed by atoms with Gasteiger partial charge in [-0.3, -0.25) is 16.0 Å². The Kier molecular flexibility index (Phi) is 4.53. The summed E-state index contributed by atoms with van der Waals surface area (Å²) in [4.78, 5) is 0. The SMILES string of the molecule is C#CCCCC(NN)c1c(C)nn(C)c1C. The third kappa shape index (κ3) is 2.63. The van der Waals surface area contributed by atoms with Gasteiger partial charge in [0, 0.05) is 30.8 Å². The van der Waals surface area contributed by atoms with Gasteiger partial charge in [0.2, 0.25) is 0 Å². The topological polar surface area (TPSA) is 55.9 Å². The number of unbranched alkanes of at least 4 members (excludes halogenated alkanes) is 1. The van der Waals surface area contributed by atoms with Crippen molar-refractivity contribution >= 4 is 0 Å². The van der Waals surface area contributed by atoms with E-state index >= 15 is 0 Å². The summed E-state index contributed by atoms with van der Waals surface area (Å²) in [6.45, 7) is 4.06. The quantitative estimate of drug-likeness (QED) is 0.341. The van der Waals surface area contributed by atoms with Crippen LogP contribution in [0.5, 0.6) is 0 Å². The van der Waals surface area contributed by atoms with Crippen LogP contribution in [0.4, 0.5) is 0 Å². The Bertz CT molecular complexity index is 386. The second kappa shape index (κ2) is 5.69. The molecule has 1 heterocycles. The molecule has 1 rings (SSSR count). The predicted octanol–water partition coefficient (Wildman–Crippen LogP) is 1.34. The maximum atomic E-state index is 5.60. The fourth-order valence-electron chi connectivity index (χ4n) is 2.01. The average Bonchev–Trinajstić information content (AvgIpc) is 2.50. The molecule has 0 spiro atoms. The third-order valence-corrected chi connectivity index (χ3v) is 2.93. The Morgan fingerprint density at radius 3 is 2.69 bits per heavy atom. The normalized spacial score (nSPS) is 12.4. The van der Waals surface area contributed by atoms with Crippen molar-refractivity contribution in [1.82, 2.24) is 15.2 Å². The minimum Gasteiger partial charge on any atom is -0.272 e. The number of hydrazine groups is 1. The van der Waals surface area contributed by atoms with Gasteiger partial charge in [-0.1, -0.05) is 0 Å². The molecule has 16 heavy (non-hydrogen) atoms. The van der Waals surface area contributed by atoms with Crippen LogP contribution in [0, 0.1) is 26.2 Å². The summed E-state index contributed by atoms with van der Waals surface area (Å²) >= 11 is 0. The van der Waals surface area contributed by atoms with E-state index in [-0.39, 0.29) is 6.04 Å². The molecule has 0 aliphatic rings. The summed E-state index contributed by atoms with van der Waals surface area (Å²) in [5.41, 5.74) is 6.23. The van der Waals surface area contributed by atoms with Crippen LogP contribution in [0.2, 0.25) is 0 Å². The number of nitrogens with zero attached hydrogens (tertiary/aromatic N) is 2. The first-order valence-corrected chi connectivity index (χ1v) is 5.51. The molecule has 0 amide bonds. The average molecular weight is 220 g/mol. The lowest BCUT2D eigenvalue weighted by atomic mass is 10.00. The molecule has 0 aromatic carbocycles. The third-order valence-electron chi connectivity index (χ3n) is 2.93. The molecule has 4 nitrogen and oxygen atoms in total. The number of nitrogens with one attached hydrogen (secondary N) is 1. The van der Waals surface area contributed by atoms with Crippen molar-refractivity contribution in [2.75, 3.05) is 0 Å². The van der Waals surface area contributed by atoms with Crippen molar-refractivity contribution in [3.8, 4) is 12.3 Å².